The maximum absolute atomic E-state index is 12.4. The van der Waals surface area contributed by atoms with Gasteiger partial charge in [-0.05, 0) is 37.6 Å². The first kappa shape index (κ1) is 14.7. The first-order valence-corrected chi connectivity index (χ1v) is 7.09. The molecule has 23 heavy (non-hydrogen) atoms. The fourth-order valence-corrected chi connectivity index (χ4v) is 2.41. The molecule has 3 aromatic rings. The molecule has 0 aliphatic rings. The van der Waals surface area contributed by atoms with Crippen molar-refractivity contribution in [3.8, 4) is 17.5 Å². The van der Waals surface area contributed by atoms with Crippen LogP contribution in [-0.2, 0) is 6.54 Å². The molecular formula is C17H14N4O2. The topological polar surface area (TPSA) is 84.7 Å². The average molecular weight is 306 g/mol. The molecule has 0 aliphatic heterocycles. The molecule has 0 bridgehead atoms. The van der Waals surface area contributed by atoms with Crippen LogP contribution in [0.4, 0.5) is 0 Å². The van der Waals surface area contributed by atoms with E-state index in [9.17, 15) is 4.79 Å². The second kappa shape index (κ2) is 5.89. The molecule has 0 aliphatic carbocycles. The molecule has 6 heteroatoms. The minimum absolute atomic E-state index is 0.137. The molecule has 0 saturated heterocycles. The van der Waals surface area contributed by atoms with Crippen LogP contribution in [0.3, 0.4) is 0 Å². The van der Waals surface area contributed by atoms with Gasteiger partial charge in [0.25, 0.3) is 5.56 Å². The number of rotatable bonds is 3. The summed E-state index contributed by atoms with van der Waals surface area (Å²) in [6.45, 7) is 3.70. The van der Waals surface area contributed by atoms with Gasteiger partial charge in [-0.2, -0.15) is 5.26 Å². The lowest BCUT2D eigenvalue weighted by atomic mass is 10.1. The van der Waals surface area contributed by atoms with Crippen LogP contribution in [0.25, 0.3) is 11.5 Å². The van der Waals surface area contributed by atoms with Crippen molar-refractivity contribution in [3.05, 3.63) is 69.5 Å². The van der Waals surface area contributed by atoms with Gasteiger partial charge in [0.05, 0.1) is 0 Å². The predicted molar refractivity (Wildman–Crippen MR) is 83.7 cm³/mol. The Kier molecular flexibility index (Phi) is 3.77. The lowest BCUT2D eigenvalue weighted by Crippen LogP contribution is -2.26. The van der Waals surface area contributed by atoms with Gasteiger partial charge in [-0.1, -0.05) is 18.2 Å². The zero-order valence-electron chi connectivity index (χ0n) is 12.8. The van der Waals surface area contributed by atoms with Gasteiger partial charge >= 0.3 is 0 Å². The number of aryl methyl sites for hydroxylation is 2. The molecule has 0 N–H and O–H groups in total. The standard InChI is InChI=1S/C17H14N4O2/c1-11-8-12(2)21(17(22)14(11)9-18)10-15-19-20-16(23-15)13-6-4-3-5-7-13/h3-8H,10H2,1-2H3. The lowest BCUT2D eigenvalue weighted by molar-refractivity contribution is 0.481. The monoisotopic (exact) mass is 306 g/mol. The van der Waals surface area contributed by atoms with Crippen molar-refractivity contribution in [1.82, 2.24) is 14.8 Å². The highest BCUT2D eigenvalue weighted by molar-refractivity contribution is 5.51. The molecule has 0 atom stereocenters. The third kappa shape index (κ3) is 2.77. The maximum atomic E-state index is 12.4. The summed E-state index contributed by atoms with van der Waals surface area (Å²) in [5.74, 6) is 0.723. The molecule has 0 unspecified atom stereocenters. The van der Waals surface area contributed by atoms with Crippen molar-refractivity contribution < 1.29 is 4.42 Å². The molecule has 2 aromatic heterocycles. The van der Waals surface area contributed by atoms with Crippen molar-refractivity contribution in [2.24, 2.45) is 0 Å². The fraction of sp³-hybridized carbons (Fsp3) is 0.176. The van der Waals surface area contributed by atoms with Gasteiger partial charge in [0, 0.05) is 11.3 Å². The molecule has 6 nitrogen and oxygen atoms in total. The molecule has 114 valence electrons. The second-order valence-corrected chi connectivity index (χ2v) is 5.21. The fourth-order valence-electron chi connectivity index (χ4n) is 2.41. The van der Waals surface area contributed by atoms with Crippen LogP contribution in [0.2, 0.25) is 0 Å². The number of hydrogen-bond acceptors (Lipinski definition) is 5. The first-order valence-electron chi connectivity index (χ1n) is 7.09. The molecule has 1 aromatic carbocycles. The Hall–Kier alpha value is -3.20. The predicted octanol–water partition coefficient (Wildman–Crippen LogP) is 2.44. The second-order valence-electron chi connectivity index (χ2n) is 5.21. The summed E-state index contributed by atoms with van der Waals surface area (Å²) in [6.07, 6.45) is 0. The van der Waals surface area contributed by atoms with Gasteiger partial charge < -0.3 is 8.98 Å². The number of pyridine rings is 1. The Labute approximate surface area is 132 Å². The SMILES string of the molecule is Cc1cc(C)n(Cc2nnc(-c3ccccc3)o2)c(=O)c1C#N. The van der Waals surface area contributed by atoms with E-state index in [2.05, 4.69) is 10.2 Å². The quantitative estimate of drug-likeness (QED) is 0.742. The summed E-state index contributed by atoms with van der Waals surface area (Å²) < 4.78 is 7.09. The van der Waals surface area contributed by atoms with Crippen molar-refractivity contribution in [1.29, 1.82) is 5.26 Å². The van der Waals surface area contributed by atoms with E-state index in [4.69, 9.17) is 9.68 Å². The zero-order chi connectivity index (χ0) is 16.4. The number of nitrogens with zero attached hydrogens (tertiary/aromatic N) is 4. The van der Waals surface area contributed by atoms with E-state index in [0.717, 1.165) is 11.3 Å². The molecule has 3 rings (SSSR count). The van der Waals surface area contributed by atoms with Crippen molar-refractivity contribution in [2.45, 2.75) is 20.4 Å². The van der Waals surface area contributed by atoms with Gasteiger partial charge in [-0.15, -0.1) is 10.2 Å². The molecule has 2 heterocycles. The van der Waals surface area contributed by atoms with E-state index >= 15 is 0 Å². The minimum atomic E-state index is -0.343. The molecule has 0 spiro atoms. The maximum Gasteiger partial charge on any atom is 0.269 e. The van der Waals surface area contributed by atoms with Crippen molar-refractivity contribution in [3.63, 3.8) is 0 Å². The Balaban J connectivity index is 1.97. The summed E-state index contributed by atoms with van der Waals surface area (Å²) in [5.41, 5.74) is 2.02. The van der Waals surface area contributed by atoms with E-state index in [1.54, 1.807) is 13.0 Å². The van der Waals surface area contributed by atoms with Crippen LogP contribution in [-0.4, -0.2) is 14.8 Å². The van der Waals surface area contributed by atoms with Gasteiger partial charge in [-0.25, -0.2) is 0 Å². The third-order valence-electron chi connectivity index (χ3n) is 3.60. The Morgan fingerprint density at radius 1 is 1.22 bits per heavy atom. The van der Waals surface area contributed by atoms with Crippen LogP contribution in [0.1, 0.15) is 22.7 Å². The highest BCUT2D eigenvalue weighted by Crippen LogP contribution is 2.17. The molecule has 0 radical (unpaired) electrons. The van der Waals surface area contributed by atoms with Crippen LogP contribution in [0.15, 0.2) is 45.6 Å². The Morgan fingerprint density at radius 3 is 2.65 bits per heavy atom. The summed E-state index contributed by atoms with van der Waals surface area (Å²) in [7, 11) is 0. The summed E-state index contributed by atoms with van der Waals surface area (Å²) in [6, 6.07) is 13.2. The highest BCUT2D eigenvalue weighted by Gasteiger charge is 2.14. The molecule has 0 amide bonds. The number of aromatic nitrogens is 3. The normalized spacial score (nSPS) is 10.5. The average Bonchev–Trinajstić information content (AvgIpc) is 3.01. The first-order chi connectivity index (χ1) is 11.1. The van der Waals surface area contributed by atoms with E-state index in [1.165, 1.54) is 4.57 Å². The third-order valence-corrected chi connectivity index (χ3v) is 3.60. The summed E-state index contributed by atoms with van der Waals surface area (Å²) >= 11 is 0. The lowest BCUT2D eigenvalue weighted by Gasteiger charge is -2.09. The summed E-state index contributed by atoms with van der Waals surface area (Å²) in [4.78, 5) is 12.4. The van der Waals surface area contributed by atoms with E-state index in [1.807, 2.05) is 43.3 Å². The largest absolute Gasteiger partial charge is 0.419 e. The van der Waals surface area contributed by atoms with Crippen LogP contribution in [0, 0.1) is 25.2 Å². The highest BCUT2D eigenvalue weighted by atomic mass is 16.4. The Morgan fingerprint density at radius 2 is 1.96 bits per heavy atom. The number of hydrogen-bond donors (Lipinski definition) is 0. The minimum Gasteiger partial charge on any atom is -0.419 e. The zero-order valence-corrected chi connectivity index (χ0v) is 12.8. The smallest absolute Gasteiger partial charge is 0.269 e. The molecule has 0 saturated carbocycles. The van der Waals surface area contributed by atoms with E-state index < -0.39 is 0 Å². The van der Waals surface area contributed by atoms with Crippen LogP contribution < -0.4 is 5.56 Å². The van der Waals surface area contributed by atoms with E-state index in [-0.39, 0.29) is 17.7 Å². The summed E-state index contributed by atoms with van der Waals surface area (Å²) in [5, 5.41) is 17.1. The van der Waals surface area contributed by atoms with Crippen molar-refractivity contribution >= 4 is 0 Å². The van der Waals surface area contributed by atoms with Crippen LogP contribution >= 0.6 is 0 Å². The molecular weight excluding hydrogens is 292 g/mol. The number of benzene rings is 1. The van der Waals surface area contributed by atoms with Gasteiger partial charge in [0.15, 0.2) is 0 Å². The van der Waals surface area contributed by atoms with Gasteiger partial charge in [0.1, 0.15) is 18.2 Å². The van der Waals surface area contributed by atoms with Gasteiger partial charge in [0.2, 0.25) is 11.8 Å². The van der Waals surface area contributed by atoms with Gasteiger partial charge in [-0.3, -0.25) is 4.79 Å². The van der Waals surface area contributed by atoms with Crippen LogP contribution in [0.5, 0.6) is 0 Å². The van der Waals surface area contributed by atoms with Crippen molar-refractivity contribution in [2.75, 3.05) is 0 Å². The number of nitriles is 1. The van der Waals surface area contributed by atoms with E-state index in [0.29, 0.717) is 17.3 Å². The Bertz CT molecular complexity index is 949. The molecule has 0 fully saturated rings.